The Kier molecular flexibility index (Phi) is 6.95. The fraction of sp³-hybridized carbons (Fsp3) is 0.231. The lowest BCUT2D eigenvalue weighted by Gasteiger charge is -2.19. The summed E-state index contributed by atoms with van der Waals surface area (Å²) in [4.78, 5) is 12.2. The quantitative estimate of drug-likeness (QED) is 0.478. The van der Waals surface area contributed by atoms with Gasteiger partial charge < -0.3 is 20.3 Å². The first kappa shape index (κ1) is 22.8. The number of amides is 1. The number of rotatable bonds is 7. The molecule has 1 amide bonds. The highest BCUT2D eigenvalue weighted by Crippen LogP contribution is 2.44. The van der Waals surface area contributed by atoms with Gasteiger partial charge in [-0.3, -0.25) is 0 Å². The molecule has 3 aromatic rings. The molecule has 3 aromatic carbocycles. The molecule has 0 fully saturated rings. The first-order valence-corrected chi connectivity index (χ1v) is 11.0. The second-order valence-electron chi connectivity index (χ2n) is 7.90. The molecule has 1 aliphatic carbocycles. The zero-order chi connectivity index (χ0) is 23.4. The highest BCUT2D eigenvalue weighted by molar-refractivity contribution is 6.30. The van der Waals surface area contributed by atoms with Gasteiger partial charge in [0, 0.05) is 23.0 Å². The fourth-order valence-electron chi connectivity index (χ4n) is 4.22. The Bertz CT molecular complexity index is 1160. The molecular weight excluding hydrogens is 440 g/mol. The van der Waals surface area contributed by atoms with E-state index in [4.69, 9.17) is 16.3 Å². The van der Waals surface area contributed by atoms with Crippen LogP contribution in [0.15, 0.2) is 66.7 Å². The summed E-state index contributed by atoms with van der Waals surface area (Å²) in [5.41, 5.74) is 5.04. The average Bonchev–Trinajstić information content (AvgIpc) is 3.16. The van der Waals surface area contributed by atoms with Gasteiger partial charge in [0.05, 0.1) is 17.7 Å². The topological polar surface area (TPSA) is 103 Å². The summed E-state index contributed by atoms with van der Waals surface area (Å²) >= 11 is 5.87. The van der Waals surface area contributed by atoms with Crippen molar-refractivity contribution in [1.29, 1.82) is 5.26 Å². The van der Waals surface area contributed by atoms with E-state index in [1.807, 2.05) is 42.5 Å². The molecule has 0 bridgehead atoms. The van der Waals surface area contributed by atoms with Crippen molar-refractivity contribution in [1.82, 2.24) is 5.32 Å². The van der Waals surface area contributed by atoms with Crippen LogP contribution in [0, 0.1) is 11.3 Å². The number of carbonyl (C=O) groups excluding carboxylic acids is 1. The van der Waals surface area contributed by atoms with Gasteiger partial charge in [0.2, 0.25) is 0 Å². The smallest absolute Gasteiger partial charge is 0.407 e. The van der Waals surface area contributed by atoms with Crippen molar-refractivity contribution < 1.29 is 19.7 Å². The van der Waals surface area contributed by atoms with Gasteiger partial charge in [0.1, 0.15) is 12.7 Å². The standard InChI is InChI=1S/C26H23ClN2O4/c27-17-9-10-18(16(13-17)14-28)25(31)24(30)11-12-29-26(32)33-15-23-21-7-3-1-5-19(21)20-6-2-4-8-22(20)23/h1-10,13,23-25,30-31H,11-12,15H2,(H,29,32). The van der Waals surface area contributed by atoms with Crippen LogP contribution >= 0.6 is 11.6 Å². The molecule has 168 valence electrons. The zero-order valence-electron chi connectivity index (χ0n) is 17.7. The summed E-state index contributed by atoms with van der Waals surface area (Å²) < 4.78 is 5.46. The molecule has 4 rings (SSSR count). The molecule has 7 heteroatoms. The molecule has 0 aromatic heterocycles. The summed E-state index contributed by atoms with van der Waals surface area (Å²) in [6.45, 7) is 0.297. The maximum absolute atomic E-state index is 12.2. The van der Waals surface area contributed by atoms with Crippen molar-refractivity contribution >= 4 is 17.7 Å². The summed E-state index contributed by atoms with van der Waals surface area (Å²) in [6.07, 6.45) is -2.96. The Morgan fingerprint density at radius 2 is 1.70 bits per heavy atom. The molecule has 0 radical (unpaired) electrons. The van der Waals surface area contributed by atoms with Crippen molar-refractivity contribution in [2.24, 2.45) is 0 Å². The van der Waals surface area contributed by atoms with Crippen LogP contribution in [-0.2, 0) is 4.74 Å². The van der Waals surface area contributed by atoms with E-state index in [0.717, 1.165) is 22.3 Å². The van der Waals surface area contributed by atoms with Crippen LogP contribution in [0.5, 0.6) is 0 Å². The zero-order valence-corrected chi connectivity index (χ0v) is 18.5. The Morgan fingerprint density at radius 3 is 2.33 bits per heavy atom. The number of nitrogens with one attached hydrogen (secondary N) is 1. The number of carbonyl (C=O) groups is 1. The maximum Gasteiger partial charge on any atom is 0.407 e. The van der Waals surface area contributed by atoms with Crippen LogP contribution in [0.3, 0.4) is 0 Å². The SMILES string of the molecule is N#Cc1cc(Cl)ccc1C(O)C(O)CCNC(=O)OCC1c2ccccc2-c2ccccc21. The lowest BCUT2D eigenvalue weighted by Crippen LogP contribution is -2.30. The van der Waals surface area contributed by atoms with Crippen LogP contribution < -0.4 is 5.32 Å². The van der Waals surface area contributed by atoms with Crippen LogP contribution in [0.25, 0.3) is 11.1 Å². The molecule has 0 saturated heterocycles. The molecule has 3 N–H and O–H groups in total. The molecule has 0 spiro atoms. The van der Waals surface area contributed by atoms with E-state index < -0.39 is 18.3 Å². The van der Waals surface area contributed by atoms with E-state index in [2.05, 4.69) is 17.4 Å². The molecule has 2 unspecified atom stereocenters. The second-order valence-corrected chi connectivity index (χ2v) is 8.33. The number of fused-ring (bicyclic) bond motifs is 3. The first-order chi connectivity index (χ1) is 16.0. The highest BCUT2D eigenvalue weighted by atomic mass is 35.5. The van der Waals surface area contributed by atoms with E-state index >= 15 is 0 Å². The van der Waals surface area contributed by atoms with Gasteiger partial charge in [-0.05, 0) is 40.8 Å². The molecule has 0 heterocycles. The number of nitrogens with zero attached hydrogens (tertiary/aromatic N) is 1. The number of aliphatic hydroxyl groups is 2. The van der Waals surface area contributed by atoms with E-state index in [1.54, 1.807) is 6.07 Å². The van der Waals surface area contributed by atoms with Gasteiger partial charge in [-0.1, -0.05) is 66.2 Å². The van der Waals surface area contributed by atoms with E-state index in [0.29, 0.717) is 5.02 Å². The molecule has 0 saturated carbocycles. The summed E-state index contributed by atoms with van der Waals surface area (Å²) in [5.74, 6) is -0.0372. The maximum atomic E-state index is 12.2. The van der Waals surface area contributed by atoms with E-state index in [1.165, 1.54) is 12.1 Å². The Morgan fingerprint density at radius 1 is 1.06 bits per heavy atom. The Labute approximate surface area is 197 Å². The fourth-order valence-corrected chi connectivity index (χ4v) is 4.39. The molecule has 1 aliphatic rings. The third kappa shape index (κ3) is 4.86. The highest BCUT2D eigenvalue weighted by Gasteiger charge is 2.29. The predicted octanol–water partition coefficient (Wildman–Crippen LogP) is 4.53. The summed E-state index contributed by atoms with van der Waals surface area (Å²) in [7, 11) is 0. The number of aliphatic hydroxyl groups excluding tert-OH is 2. The van der Waals surface area contributed by atoms with Crippen molar-refractivity contribution in [3.63, 3.8) is 0 Å². The number of halogens is 1. The molecule has 33 heavy (non-hydrogen) atoms. The first-order valence-electron chi connectivity index (χ1n) is 10.6. The Balaban J connectivity index is 1.30. The van der Waals surface area contributed by atoms with Gasteiger partial charge in [0.25, 0.3) is 0 Å². The van der Waals surface area contributed by atoms with E-state index in [9.17, 15) is 20.3 Å². The lowest BCUT2D eigenvalue weighted by atomic mass is 9.97. The minimum atomic E-state index is -1.28. The van der Waals surface area contributed by atoms with Gasteiger partial charge in [0.15, 0.2) is 0 Å². The number of ether oxygens (including phenoxy) is 1. The van der Waals surface area contributed by atoms with Gasteiger partial charge in [-0.25, -0.2) is 4.79 Å². The monoisotopic (exact) mass is 462 g/mol. The van der Waals surface area contributed by atoms with Gasteiger partial charge in [-0.2, -0.15) is 5.26 Å². The van der Waals surface area contributed by atoms with Crippen LogP contribution in [-0.4, -0.2) is 35.6 Å². The molecule has 2 atom stereocenters. The number of benzene rings is 3. The third-order valence-electron chi connectivity index (χ3n) is 5.87. The van der Waals surface area contributed by atoms with Crippen LogP contribution in [0.1, 0.15) is 40.7 Å². The number of nitriles is 1. The van der Waals surface area contributed by atoms with Gasteiger partial charge in [-0.15, -0.1) is 0 Å². The van der Waals surface area contributed by atoms with Crippen LogP contribution in [0.2, 0.25) is 5.02 Å². The summed E-state index contributed by atoms with van der Waals surface area (Å²) in [6, 6.07) is 22.6. The van der Waals surface area contributed by atoms with Gasteiger partial charge >= 0.3 is 6.09 Å². The number of hydrogen-bond acceptors (Lipinski definition) is 5. The van der Waals surface area contributed by atoms with Crippen molar-refractivity contribution in [3.05, 3.63) is 94.0 Å². The molecular formula is C26H23ClN2O4. The van der Waals surface area contributed by atoms with Crippen LogP contribution in [0.4, 0.5) is 4.79 Å². The third-order valence-corrected chi connectivity index (χ3v) is 6.11. The number of hydrogen-bond donors (Lipinski definition) is 3. The van der Waals surface area contributed by atoms with E-state index in [-0.39, 0.29) is 36.6 Å². The summed E-state index contributed by atoms with van der Waals surface area (Å²) in [5, 5.41) is 32.9. The largest absolute Gasteiger partial charge is 0.449 e. The van der Waals surface area contributed by atoms with Crippen molar-refractivity contribution in [3.8, 4) is 17.2 Å². The minimum absolute atomic E-state index is 0.0372. The second kappa shape index (κ2) is 10.1. The lowest BCUT2D eigenvalue weighted by molar-refractivity contribution is 0.0135. The number of alkyl carbamates (subject to hydrolysis) is 1. The molecule has 0 aliphatic heterocycles. The van der Waals surface area contributed by atoms with Crippen molar-refractivity contribution in [2.45, 2.75) is 24.5 Å². The minimum Gasteiger partial charge on any atom is -0.449 e. The normalized spacial score (nSPS) is 14.0. The predicted molar refractivity (Wildman–Crippen MR) is 125 cm³/mol. The Hall–Kier alpha value is -3.37. The molecule has 6 nitrogen and oxygen atoms in total. The van der Waals surface area contributed by atoms with Crippen molar-refractivity contribution in [2.75, 3.05) is 13.2 Å². The average molecular weight is 463 g/mol.